The Bertz CT molecular complexity index is 1900. The third kappa shape index (κ3) is 3.94. The van der Waals surface area contributed by atoms with E-state index in [1.165, 1.54) is 41.9 Å². The molecule has 12 heteroatoms. The molecule has 4 aromatic heterocycles. The van der Waals surface area contributed by atoms with Gasteiger partial charge in [0.25, 0.3) is 11.1 Å². The Morgan fingerprint density at radius 1 is 0.829 bits per heavy atom. The number of hydrogen-bond acceptors (Lipinski definition) is 9. The van der Waals surface area contributed by atoms with Crippen molar-refractivity contribution in [3.05, 3.63) is 79.3 Å². The molecule has 4 heterocycles. The van der Waals surface area contributed by atoms with Crippen molar-refractivity contribution in [3.8, 4) is 0 Å². The summed E-state index contributed by atoms with van der Waals surface area (Å²) in [5.41, 5.74) is 5.20. The maximum absolute atomic E-state index is 11.8. The molecule has 6 aromatic rings. The molecule has 0 aliphatic carbocycles. The van der Waals surface area contributed by atoms with E-state index in [1.807, 2.05) is 0 Å². The lowest BCUT2D eigenvalue weighted by molar-refractivity contribution is 0.0600. The summed E-state index contributed by atoms with van der Waals surface area (Å²) >= 11 is 2.77. The number of methoxy groups -OCH3 is 1. The molecule has 0 aliphatic heterocycles. The number of aromatic nitrogens is 4. The summed E-state index contributed by atoms with van der Waals surface area (Å²) in [6.07, 6.45) is 0. The van der Waals surface area contributed by atoms with E-state index in [9.17, 15) is 19.2 Å². The number of nitrogens with zero attached hydrogens (tertiary/aromatic N) is 2. The summed E-state index contributed by atoms with van der Waals surface area (Å²) in [5, 5.41) is 10.6. The summed E-state index contributed by atoms with van der Waals surface area (Å²) in [7, 11) is 1.32. The number of fused-ring (bicyclic) bond motifs is 6. The number of esters is 1. The predicted molar refractivity (Wildman–Crippen MR) is 134 cm³/mol. The monoisotopic (exact) mass is 506 g/mol. The van der Waals surface area contributed by atoms with Gasteiger partial charge in [0.1, 0.15) is 11.0 Å². The van der Waals surface area contributed by atoms with Crippen LogP contribution in [0.5, 0.6) is 0 Å². The molecule has 0 saturated heterocycles. The van der Waals surface area contributed by atoms with Gasteiger partial charge in [0, 0.05) is 10.8 Å². The number of nitrogens with one attached hydrogen (secondary N) is 2. The number of ether oxygens (including phenoxy) is 1. The number of aromatic amines is 2. The molecule has 0 amide bonds. The van der Waals surface area contributed by atoms with Crippen molar-refractivity contribution in [2.45, 2.75) is 0 Å². The van der Waals surface area contributed by atoms with Gasteiger partial charge in [0.05, 0.1) is 49.7 Å². The van der Waals surface area contributed by atoms with Crippen molar-refractivity contribution in [2.75, 3.05) is 7.11 Å². The number of hydrogen-bond donors (Lipinski definition) is 3. The number of H-pyrrole nitrogens is 2. The fourth-order valence-corrected chi connectivity index (χ4v) is 5.28. The van der Waals surface area contributed by atoms with Gasteiger partial charge in [-0.1, -0.05) is 12.1 Å². The van der Waals surface area contributed by atoms with Crippen molar-refractivity contribution in [2.24, 2.45) is 0 Å². The molecule has 0 spiro atoms. The average Bonchev–Trinajstić information content (AvgIpc) is 3.54. The van der Waals surface area contributed by atoms with Crippen LogP contribution in [0.3, 0.4) is 0 Å². The Balaban J connectivity index is 0.000000145. The minimum atomic E-state index is -1.02. The SMILES string of the molecule is COC(=O)c1ccc2c(c1)[nH]c(=O)c1ncsc12.O=C(O)c1ccc2c(c1)[nH]c(=O)c1ncsc12. The van der Waals surface area contributed by atoms with Crippen molar-refractivity contribution < 1.29 is 19.4 Å². The van der Waals surface area contributed by atoms with Crippen LogP contribution in [0.1, 0.15) is 20.7 Å². The summed E-state index contributed by atoms with van der Waals surface area (Å²) in [6.45, 7) is 0. The van der Waals surface area contributed by atoms with Crippen LogP contribution in [0.15, 0.2) is 57.0 Å². The van der Waals surface area contributed by atoms with Crippen molar-refractivity contribution >= 4 is 76.9 Å². The third-order valence-corrected chi connectivity index (χ3v) is 6.98. The van der Waals surface area contributed by atoms with E-state index in [2.05, 4.69) is 24.7 Å². The molecule has 0 unspecified atom stereocenters. The number of thiazole rings is 2. The van der Waals surface area contributed by atoms with E-state index < -0.39 is 11.9 Å². The van der Waals surface area contributed by atoms with E-state index in [1.54, 1.807) is 35.3 Å². The van der Waals surface area contributed by atoms with Crippen LogP contribution in [0, 0.1) is 0 Å². The van der Waals surface area contributed by atoms with E-state index >= 15 is 0 Å². The second kappa shape index (κ2) is 8.74. The van der Waals surface area contributed by atoms with Crippen LogP contribution < -0.4 is 11.1 Å². The van der Waals surface area contributed by atoms with Crippen LogP contribution in [-0.4, -0.2) is 44.1 Å². The first kappa shape index (κ1) is 22.4. The van der Waals surface area contributed by atoms with Crippen molar-refractivity contribution in [1.29, 1.82) is 0 Å². The van der Waals surface area contributed by atoms with Gasteiger partial charge in [-0.15, -0.1) is 22.7 Å². The molecule has 3 N–H and O–H groups in total. The quantitative estimate of drug-likeness (QED) is 0.300. The number of carbonyl (C=O) groups excluding carboxylic acids is 1. The van der Waals surface area contributed by atoms with Crippen LogP contribution in [0.2, 0.25) is 0 Å². The Morgan fingerprint density at radius 2 is 1.31 bits per heavy atom. The van der Waals surface area contributed by atoms with Gasteiger partial charge in [-0.3, -0.25) is 9.59 Å². The second-order valence-corrected chi connectivity index (χ2v) is 9.00. The molecule has 0 radical (unpaired) electrons. The first-order valence-electron chi connectivity index (χ1n) is 9.97. The highest BCUT2D eigenvalue weighted by Crippen LogP contribution is 2.26. The van der Waals surface area contributed by atoms with Crippen molar-refractivity contribution in [1.82, 2.24) is 19.9 Å². The standard InChI is InChI=1S/C12H8N2O3S.C11H6N2O3S/c1-17-12(16)6-2-3-7-8(4-6)14-11(15)9-10(7)18-5-13-9;14-10-8-9(17-4-12-8)6-2-1-5(11(15)16)3-7(6)13-10/h2-5H,1H3,(H,14,15);1-4H,(H,13,14)(H,15,16). The lowest BCUT2D eigenvalue weighted by Gasteiger charge is -2.02. The number of rotatable bonds is 2. The second-order valence-electron chi connectivity index (χ2n) is 7.29. The molecule has 6 rings (SSSR count). The van der Waals surface area contributed by atoms with Crippen LogP contribution in [0.4, 0.5) is 0 Å². The van der Waals surface area contributed by atoms with Gasteiger partial charge in [-0.2, -0.15) is 0 Å². The Morgan fingerprint density at radius 3 is 1.80 bits per heavy atom. The molecule has 0 saturated carbocycles. The largest absolute Gasteiger partial charge is 0.478 e. The van der Waals surface area contributed by atoms with Gasteiger partial charge < -0.3 is 19.8 Å². The first-order valence-corrected chi connectivity index (χ1v) is 11.7. The number of carbonyl (C=O) groups is 2. The topological polar surface area (TPSA) is 155 Å². The number of aromatic carboxylic acids is 1. The Labute approximate surface area is 202 Å². The van der Waals surface area contributed by atoms with Crippen LogP contribution in [-0.2, 0) is 4.74 Å². The van der Waals surface area contributed by atoms with Crippen molar-refractivity contribution in [3.63, 3.8) is 0 Å². The summed E-state index contributed by atoms with van der Waals surface area (Å²) in [6, 6.07) is 9.74. The lowest BCUT2D eigenvalue weighted by Crippen LogP contribution is -2.07. The molecule has 10 nitrogen and oxygen atoms in total. The fraction of sp³-hybridized carbons (Fsp3) is 0.0435. The molecule has 174 valence electrons. The summed E-state index contributed by atoms with van der Waals surface area (Å²) < 4.78 is 6.25. The smallest absolute Gasteiger partial charge is 0.337 e. The normalized spacial score (nSPS) is 11.0. The molecular weight excluding hydrogens is 492 g/mol. The number of carboxylic acids is 1. The number of benzene rings is 2. The molecule has 0 fully saturated rings. The van der Waals surface area contributed by atoms with E-state index in [0.29, 0.717) is 27.6 Å². The van der Waals surface area contributed by atoms with Gasteiger partial charge in [-0.25, -0.2) is 19.6 Å². The zero-order chi connectivity index (χ0) is 24.7. The van der Waals surface area contributed by atoms with E-state index in [4.69, 9.17) is 5.11 Å². The molecule has 35 heavy (non-hydrogen) atoms. The zero-order valence-electron chi connectivity index (χ0n) is 17.8. The van der Waals surface area contributed by atoms with Crippen LogP contribution >= 0.6 is 22.7 Å². The maximum Gasteiger partial charge on any atom is 0.337 e. The molecule has 0 bridgehead atoms. The van der Waals surface area contributed by atoms with E-state index in [-0.39, 0.29) is 16.7 Å². The maximum atomic E-state index is 11.8. The highest BCUT2D eigenvalue weighted by molar-refractivity contribution is 7.18. The highest BCUT2D eigenvalue weighted by Gasteiger charge is 2.12. The lowest BCUT2D eigenvalue weighted by atomic mass is 10.1. The minimum Gasteiger partial charge on any atom is -0.478 e. The molecule has 0 atom stereocenters. The molecular formula is C23H14N4O6S2. The molecule has 2 aromatic carbocycles. The minimum absolute atomic E-state index is 0.150. The zero-order valence-corrected chi connectivity index (χ0v) is 19.5. The first-order chi connectivity index (χ1) is 16.9. The number of carboxylic acid groups (broad SMARTS) is 1. The highest BCUT2D eigenvalue weighted by atomic mass is 32.1. The average molecular weight is 507 g/mol. The number of pyridine rings is 2. The van der Waals surface area contributed by atoms with Gasteiger partial charge in [-0.05, 0) is 24.3 Å². The molecule has 0 aliphatic rings. The Hall–Kier alpha value is -4.42. The van der Waals surface area contributed by atoms with Crippen LogP contribution in [0.25, 0.3) is 42.2 Å². The predicted octanol–water partition coefficient (Wildman–Crippen LogP) is 3.76. The summed E-state index contributed by atoms with van der Waals surface area (Å²) in [5.74, 6) is -1.45. The van der Waals surface area contributed by atoms with Gasteiger partial charge >= 0.3 is 11.9 Å². The third-order valence-electron chi connectivity index (χ3n) is 5.26. The Kier molecular flexibility index (Phi) is 5.59. The van der Waals surface area contributed by atoms with E-state index in [0.717, 1.165) is 20.2 Å². The van der Waals surface area contributed by atoms with Gasteiger partial charge in [0.15, 0.2) is 0 Å². The fourth-order valence-electron chi connectivity index (χ4n) is 3.63. The van der Waals surface area contributed by atoms with Gasteiger partial charge in [0.2, 0.25) is 0 Å². The summed E-state index contributed by atoms with van der Waals surface area (Å²) in [4.78, 5) is 59.1.